The largest absolute Gasteiger partial charge is 0.390 e. The van der Waals surface area contributed by atoms with Gasteiger partial charge in [-0.1, -0.05) is 0 Å². The number of amides is 1. The Morgan fingerprint density at radius 1 is 1.50 bits per heavy atom. The van der Waals surface area contributed by atoms with Crippen LogP contribution in [0.25, 0.3) is 0 Å². The maximum Gasteiger partial charge on any atom is 0.390 e. The minimum atomic E-state index is -4.22. The Labute approximate surface area is 67.9 Å². The summed E-state index contributed by atoms with van der Waals surface area (Å²) in [5, 5.41) is 2.06. The average Bonchev–Trinajstić information content (AvgIpc) is 1.84. The van der Waals surface area contributed by atoms with Crippen molar-refractivity contribution >= 4 is 5.91 Å². The number of hydrogen-bond donors (Lipinski definition) is 1. The van der Waals surface area contributed by atoms with Crippen molar-refractivity contribution in [2.24, 2.45) is 0 Å². The van der Waals surface area contributed by atoms with Gasteiger partial charge in [-0.05, 0) is 0 Å². The molecule has 1 amide bonds. The minimum Gasteiger partial charge on any atom is -0.375 e. The van der Waals surface area contributed by atoms with E-state index in [1.807, 2.05) is 0 Å². The zero-order chi connectivity index (χ0) is 9.61. The molecule has 1 N–H and O–H groups in total. The lowest BCUT2D eigenvalue weighted by atomic mass is 10.4. The van der Waals surface area contributed by atoms with E-state index in [0.717, 1.165) is 0 Å². The molecule has 0 saturated carbocycles. The van der Waals surface area contributed by atoms with Crippen LogP contribution in [-0.4, -0.2) is 32.3 Å². The molecule has 6 heteroatoms. The maximum absolute atomic E-state index is 11.5. The van der Waals surface area contributed by atoms with Gasteiger partial charge in [0.1, 0.15) is 6.61 Å². The summed E-state index contributed by atoms with van der Waals surface area (Å²) in [6.45, 7) is -0.608. The fourth-order valence-electron chi connectivity index (χ4n) is 0.526. The third-order valence-corrected chi connectivity index (χ3v) is 1.01. The van der Waals surface area contributed by atoms with Gasteiger partial charge in [-0.2, -0.15) is 13.2 Å². The number of halogens is 3. The fraction of sp³-hybridized carbons (Fsp3) is 0.833. The molecular weight excluding hydrogens is 175 g/mol. The molecule has 0 aromatic carbocycles. The van der Waals surface area contributed by atoms with Gasteiger partial charge >= 0.3 is 6.18 Å². The number of carbonyl (C=O) groups is 1. The van der Waals surface area contributed by atoms with E-state index in [2.05, 4.69) is 10.1 Å². The Kier molecular flexibility index (Phi) is 4.65. The van der Waals surface area contributed by atoms with E-state index in [1.54, 1.807) is 0 Å². The molecule has 3 nitrogen and oxygen atoms in total. The van der Waals surface area contributed by atoms with Crippen molar-refractivity contribution in [3.63, 3.8) is 0 Å². The molecule has 0 aliphatic carbocycles. The van der Waals surface area contributed by atoms with E-state index in [-0.39, 0.29) is 6.61 Å². The highest BCUT2D eigenvalue weighted by Gasteiger charge is 2.26. The second-order valence-corrected chi connectivity index (χ2v) is 2.15. The van der Waals surface area contributed by atoms with Crippen molar-refractivity contribution in [1.29, 1.82) is 0 Å². The minimum absolute atomic E-state index is 0.210. The molecular formula is C6H10F3NO2. The molecule has 0 unspecified atom stereocenters. The highest BCUT2D eigenvalue weighted by Crippen LogP contribution is 2.17. The second-order valence-electron chi connectivity index (χ2n) is 2.15. The van der Waals surface area contributed by atoms with Crippen LogP contribution in [0.1, 0.15) is 6.42 Å². The van der Waals surface area contributed by atoms with E-state index >= 15 is 0 Å². The first-order valence-electron chi connectivity index (χ1n) is 3.28. The van der Waals surface area contributed by atoms with Crippen LogP contribution in [-0.2, 0) is 9.53 Å². The number of alkyl halides is 3. The quantitative estimate of drug-likeness (QED) is 0.700. The topological polar surface area (TPSA) is 38.3 Å². The van der Waals surface area contributed by atoms with Crippen molar-refractivity contribution in [1.82, 2.24) is 5.32 Å². The molecule has 0 radical (unpaired) electrons. The lowest BCUT2D eigenvalue weighted by Gasteiger charge is -2.06. The van der Waals surface area contributed by atoms with Gasteiger partial charge in [0, 0.05) is 13.7 Å². The van der Waals surface area contributed by atoms with Crippen LogP contribution in [0, 0.1) is 0 Å². The summed E-state index contributed by atoms with van der Waals surface area (Å²) in [7, 11) is 1.29. The number of rotatable bonds is 4. The van der Waals surface area contributed by atoms with Crippen LogP contribution in [0.5, 0.6) is 0 Å². The lowest BCUT2D eigenvalue weighted by molar-refractivity contribution is -0.136. The van der Waals surface area contributed by atoms with Gasteiger partial charge in [0.05, 0.1) is 6.42 Å². The molecule has 0 saturated heterocycles. The molecule has 0 aromatic heterocycles. The molecule has 0 aliphatic heterocycles. The molecule has 0 fully saturated rings. The molecule has 0 atom stereocenters. The molecule has 72 valence electrons. The average molecular weight is 185 g/mol. The van der Waals surface area contributed by atoms with Crippen LogP contribution in [0.2, 0.25) is 0 Å². The second kappa shape index (κ2) is 4.97. The van der Waals surface area contributed by atoms with Gasteiger partial charge in [-0.15, -0.1) is 0 Å². The SMILES string of the molecule is COCC(=O)NCCC(F)(F)F. The van der Waals surface area contributed by atoms with Gasteiger partial charge in [-0.3, -0.25) is 4.79 Å². The van der Waals surface area contributed by atoms with Crippen LogP contribution in [0.15, 0.2) is 0 Å². The van der Waals surface area contributed by atoms with Crippen LogP contribution < -0.4 is 5.32 Å². The van der Waals surface area contributed by atoms with Crippen molar-refractivity contribution in [2.75, 3.05) is 20.3 Å². The van der Waals surface area contributed by atoms with Gasteiger partial charge < -0.3 is 10.1 Å². The van der Waals surface area contributed by atoms with Gasteiger partial charge in [0.25, 0.3) is 0 Å². The Morgan fingerprint density at radius 3 is 2.50 bits per heavy atom. The van der Waals surface area contributed by atoms with Gasteiger partial charge in [0.15, 0.2) is 0 Å². The highest BCUT2D eigenvalue weighted by molar-refractivity contribution is 5.77. The normalized spacial score (nSPS) is 11.3. The van der Waals surface area contributed by atoms with Crippen molar-refractivity contribution in [3.05, 3.63) is 0 Å². The molecule has 0 bridgehead atoms. The molecule has 0 spiro atoms. The summed E-state index contributed by atoms with van der Waals surface area (Å²) in [6.07, 6.45) is -5.23. The van der Waals surface area contributed by atoms with Crippen molar-refractivity contribution < 1.29 is 22.7 Å². The Morgan fingerprint density at radius 2 is 2.08 bits per heavy atom. The number of carbonyl (C=O) groups excluding carboxylic acids is 1. The predicted octanol–water partition coefficient (Wildman–Crippen LogP) is 0.701. The first kappa shape index (κ1) is 11.2. The Bertz CT molecular complexity index is 146. The number of nitrogens with one attached hydrogen (secondary N) is 1. The summed E-state index contributed by atoms with van der Waals surface area (Å²) >= 11 is 0. The van der Waals surface area contributed by atoms with Gasteiger partial charge in [0.2, 0.25) is 5.91 Å². The fourth-order valence-corrected chi connectivity index (χ4v) is 0.526. The standard InChI is InChI=1S/C6H10F3NO2/c1-12-4-5(11)10-3-2-6(7,8)9/h2-4H2,1H3,(H,10,11). The van der Waals surface area contributed by atoms with E-state index in [0.29, 0.717) is 0 Å². The molecule has 12 heavy (non-hydrogen) atoms. The van der Waals surface area contributed by atoms with Crippen LogP contribution >= 0.6 is 0 Å². The number of hydrogen-bond acceptors (Lipinski definition) is 2. The van der Waals surface area contributed by atoms with Crippen LogP contribution in [0.3, 0.4) is 0 Å². The van der Waals surface area contributed by atoms with E-state index in [1.165, 1.54) is 7.11 Å². The van der Waals surface area contributed by atoms with E-state index < -0.39 is 25.0 Å². The zero-order valence-electron chi connectivity index (χ0n) is 6.57. The smallest absolute Gasteiger partial charge is 0.375 e. The Balaban J connectivity index is 3.37. The van der Waals surface area contributed by atoms with E-state index in [4.69, 9.17) is 0 Å². The maximum atomic E-state index is 11.5. The van der Waals surface area contributed by atoms with E-state index in [9.17, 15) is 18.0 Å². The summed E-state index contributed by atoms with van der Waals surface area (Å²) in [4.78, 5) is 10.5. The van der Waals surface area contributed by atoms with Crippen molar-refractivity contribution in [2.45, 2.75) is 12.6 Å². The molecule has 0 aliphatic rings. The lowest BCUT2D eigenvalue weighted by Crippen LogP contribution is -2.30. The third kappa shape index (κ3) is 7.33. The van der Waals surface area contributed by atoms with Crippen LogP contribution in [0.4, 0.5) is 13.2 Å². The third-order valence-electron chi connectivity index (χ3n) is 1.01. The summed E-state index contributed by atoms with van der Waals surface area (Å²) < 4.78 is 38.9. The zero-order valence-corrected chi connectivity index (χ0v) is 6.57. The predicted molar refractivity (Wildman–Crippen MR) is 35.6 cm³/mol. The summed E-state index contributed by atoms with van der Waals surface area (Å²) in [6, 6.07) is 0. The highest BCUT2D eigenvalue weighted by atomic mass is 19.4. The molecule has 0 aromatic rings. The molecule has 0 heterocycles. The summed E-state index contributed by atoms with van der Waals surface area (Å²) in [5.41, 5.74) is 0. The van der Waals surface area contributed by atoms with Gasteiger partial charge in [-0.25, -0.2) is 0 Å². The first-order valence-corrected chi connectivity index (χ1v) is 3.28. The molecule has 0 rings (SSSR count). The number of methoxy groups -OCH3 is 1. The first-order chi connectivity index (χ1) is 5.45. The summed E-state index contributed by atoms with van der Waals surface area (Å²) in [5.74, 6) is -0.540. The monoisotopic (exact) mass is 185 g/mol. The van der Waals surface area contributed by atoms with Crippen molar-refractivity contribution in [3.8, 4) is 0 Å². The Hall–Kier alpha value is -0.780. The number of ether oxygens (including phenoxy) is 1.